The van der Waals surface area contributed by atoms with Crippen molar-refractivity contribution in [2.45, 2.75) is 38.6 Å². The average molecular weight is 183 g/mol. The van der Waals surface area contributed by atoms with Gasteiger partial charge in [0, 0.05) is 12.6 Å². The lowest BCUT2D eigenvalue weighted by atomic mass is 9.81. The van der Waals surface area contributed by atoms with Crippen molar-refractivity contribution in [1.82, 2.24) is 5.32 Å². The van der Waals surface area contributed by atoms with Gasteiger partial charge in [0.25, 0.3) is 0 Å². The molecule has 13 heavy (non-hydrogen) atoms. The van der Waals surface area contributed by atoms with Crippen LogP contribution in [0.2, 0.25) is 0 Å². The van der Waals surface area contributed by atoms with Crippen molar-refractivity contribution < 1.29 is 4.74 Å². The number of hydrogen-bond acceptors (Lipinski definition) is 2. The second kappa shape index (κ2) is 4.43. The Labute approximate surface area is 81.0 Å². The van der Waals surface area contributed by atoms with Crippen LogP contribution in [-0.4, -0.2) is 25.8 Å². The molecule has 0 bridgehead atoms. The summed E-state index contributed by atoms with van der Waals surface area (Å²) < 4.78 is 5.54. The van der Waals surface area contributed by atoms with Crippen molar-refractivity contribution in [1.29, 1.82) is 0 Å². The van der Waals surface area contributed by atoms with Gasteiger partial charge in [0.05, 0.1) is 6.61 Å². The van der Waals surface area contributed by atoms with Crippen LogP contribution in [0, 0.1) is 11.8 Å². The van der Waals surface area contributed by atoms with E-state index in [1.165, 1.54) is 32.2 Å². The summed E-state index contributed by atoms with van der Waals surface area (Å²) in [6.45, 7) is 5.57. The van der Waals surface area contributed by atoms with E-state index in [4.69, 9.17) is 4.74 Å². The number of ether oxygens (including phenoxy) is 1. The summed E-state index contributed by atoms with van der Waals surface area (Å²) in [5.41, 5.74) is 0. The van der Waals surface area contributed by atoms with Crippen molar-refractivity contribution in [3.63, 3.8) is 0 Å². The van der Waals surface area contributed by atoms with Crippen LogP contribution < -0.4 is 5.32 Å². The van der Waals surface area contributed by atoms with Crippen molar-refractivity contribution in [2.75, 3.05) is 19.8 Å². The van der Waals surface area contributed by atoms with Crippen molar-refractivity contribution in [2.24, 2.45) is 11.8 Å². The number of nitrogens with one attached hydrogen (secondary N) is 1. The van der Waals surface area contributed by atoms with Gasteiger partial charge in [-0.15, -0.1) is 0 Å². The predicted octanol–water partition coefficient (Wildman–Crippen LogP) is 1.80. The highest BCUT2D eigenvalue weighted by Crippen LogP contribution is 2.26. The van der Waals surface area contributed by atoms with Gasteiger partial charge < -0.3 is 10.1 Å². The molecule has 2 rings (SSSR count). The SMILES string of the molecule is CC1CCCNC1C1CCCOC1. The Morgan fingerprint density at radius 2 is 2.15 bits per heavy atom. The molecule has 0 spiro atoms. The van der Waals surface area contributed by atoms with Crippen LogP contribution in [0.3, 0.4) is 0 Å². The molecule has 2 saturated heterocycles. The molecule has 2 aliphatic rings. The van der Waals surface area contributed by atoms with Crippen LogP contribution in [-0.2, 0) is 4.74 Å². The highest BCUT2D eigenvalue weighted by molar-refractivity contribution is 4.85. The molecule has 2 fully saturated rings. The van der Waals surface area contributed by atoms with Crippen LogP contribution in [0.15, 0.2) is 0 Å². The van der Waals surface area contributed by atoms with E-state index in [0.717, 1.165) is 31.1 Å². The molecule has 0 radical (unpaired) electrons. The van der Waals surface area contributed by atoms with E-state index >= 15 is 0 Å². The van der Waals surface area contributed by atoms with E-state index < -0.39 is 0 Å². The van der Waals surface area contributed by atoms with Crippen LogP contribution in [0.25, 0.3) is 0 Å². The van der Waals surface area contributed by atoms with Crippen molar-refractivity contribution >= 4 is 0 Å². The number of rotatable bonds is 1. The molecule has 0 aliphatic carbocycles. The quantitative estimate of drug-likeness (QED) is 0.669. The molecule has 0 aromatic heterocycles. The zero-order chi connectivity index (χ0) is 9.10. The summed E-state index contributed by atoms with van der Waals surface area (Å²) in [5.74, 6) is 1.63. The lowest BCUT2D eigenvalue weighted by Crippen LogP contribution is -2.47. The zero-order valence-electron chi connectivity index (χ0n) is 8.59. The second-order valence-corrected chi connectivity index (χ2v) is 4.58. The Kier molecular flexibility index (Phi) is 3.23. The molecule has 2 heterocycles. The van der Waals surface area contributed by atoms with Crippen LogP contribution in [0.4, 0.5) is 0 Å². The van der Waals surface area contributed by atoms with E-state index in [2.05, 4.69) is 12.2 Å². The highest BCUT2D eigenvalue weighted by atomic mass is 16.5. The monoisotopic (exact) mass is 183 g/mol. The molecular formula is C11H21NO. The zero-order valence-corrected chi connectivity index (χ0v) is 8.59. The molecule has 76 valence electrons. The maximum atomic E-state index is 5.54. The van der Waals surface area contributed by atoms with E-state index in [0.29, 0.717) is 0 Å². The fourth-order valence-corrected chi connectivity index (χ4v) is 2.75. The summed E-state index contributed by atoms with van der Waals surface area (Å²) in [7, 11) is 0. The van der Waals surface area contributed by atoms with Gasteiger partial charge in [0.15, 0.2) is 0 Å². The molecular weight excluding hydrogens is 162 g/mol. The summed E-state index contributed by atoms with van der Waals surface area (Å²) in [6.07, 6.45) is 5.37. The molecule has 3 atom stereocenters. The summed E-state index contributed by atoms with van der Waals surface area (Å²) in [4.78, 5) is 0. The molecule has 2 heteroatoms. The van der Waals surface area contributed by atoms with Gasteiger partial charge in [-0.2, -0.15) is 0 Å². The first-order valence-corrected chi connectivity index (χ1v) is 5.69. The fraction of sp³-hybridized carbons (Fsp3) is 1.00. The average Bonchev–Trinajstić information content (AvgIpc) is 2.20. The maximum absolute atomic E-state index is 5.54. The highest BCUT2D eigenvalue weighted by Gasteiger charge is 2.29. The molecule has 0 amide bonds. The second-order valence-electron chi connectivity index (χ2n) is 4.58. The summed E-state index contributed by atoms with van der Waals surface area (Å²) in [6, 6.07) is 0.731. The topological polar surface area (TPSA) is 21.3 Å². The molecule has 1 N–H and O–H groups in total. The molecule has 0 aromatic rings. The van der Waals surface area contributed by atoms with Crippen LogP contribution in [0.5, 0.6) is 0 Å². The molecule has 2 nitrogen and oxygen atoms in total. The first kappa shape index (κ1) is 9.47. The lowest BCUT2D eigenvalue weighted by molar-refractivity contribution is 0.0250. The lowest BCUT2D eigenvalue weighted by Gasteiger charge is -2.38. The van der Waals surface area contributed by atoms with Crippen molar-refractivity contribution in [3.8, 4) is 0 Å². The van der Waals surface area contributed by atoms with Crippen LogP contribution in [0.1, 0.15) is 32.6 Å². The largest absolute Gasteiger partial charge is 0.381 e. The fourth-order valence-electron chi connectivity index (χ4n) is 2.75. The van der Waals surface area contributed by atoms with E-state index in [1.807, 2.05) is 0 Å². The minimum Gasteiger partial charge on any atom is -0.381 e. The van der Waals surface area contributed by atoms with E-state index in [9.17, 15) is 0 Å². The van der Waals surface area contributed by atoms with Gasteiger partial charge in [-0.1, -0.05) is 6.92 Å². The summed E-state index contributed by atoms with van der Waals surface area (Å²) in [5, 5.41) is 3.66. The van der Waals surface area contributed by atoms with Gasteiger partial charge in [-0.25, -0.2) is 0 Å². The smallest absolute Gasteiger partial charge is 0.0509 e. The molecule has 3 unspecified atom stereocenters. The first-order chi connectivity index (χ1) is 6.38. The minimum atomic E-state index is 0.731. The Morgan fingerprint density at radius 3 is 2.85 bits per heavy atom. The van der Waals surface area contributed by atoms with E-state index in [-0.39, 0.29) is 0 Å². The third-order valence-electron chi connectivity index (χ3n) is 3.53. The number of hydrogen-bond donors (Lipinski definition) is 1. The van der Waals surface area contributed by atoms with E-state index in [1.54, 1.807) is 0 Å². The van der Waals surface area contributed by atoms with Crippen molar-refractivity contribution in [3.05, 3.63) is 0 Å². The Bertz CT molecular complexity index is 154. The molecule has 2 aliphatic heterocycles. The maximum Gasteiger partial charge on any atom is 0.0509 e. The third kappa shape index (κ3) is 2.23. The molecule has 0 aromatic carbocycles. The standard InChI is InChI=1S/C11H21NO/c1-9-4-2-6-12-11(9)10-5-3-7-13-8-10/h9-12H,2-8H2,1H3. The third-order valence-corrected chi connectivity index (χ3v) is 3.53. The Hall–Kier alpha value is -0.0800. The first-order valence-electron chi connectivity index (χ1n) is 5.69. The Morgan fingerprint density at radius 1 is 1.23 bits per heavy atom. The summed E-state index contributed by atoms with van der Waals surface area (Å²) >= 11 is 0. The van der Waals surface area contributed by atoms with Gasteiger partial charge in [-0.05, 0) is 44.1 Å². The number of piperidine rings is 1. The molecule has 0 saturated carbocycles. The van der Waals surface area contributed by atoms with Gasteiger partial charge in [0.2, 0.25) is 0 Å². The minimum absolute atomic E-state index is 0.731. The predicted molar refractivity (Wildman–Crippen MR) is 53.7 cm³/mol. The van der Waals surface area contributed by atoms with Gasteiger partial charge in [0.1, 0.15) is 0 Å². The normalized spacial score (nSPS) is 41.8. The van der Waals surface area contributed by atoms with Gasteiger partial charge >= 0.3 is 0 Å². The van der Waals surface area contributed by atoms with Gasteiger partial charge in [-0.3, -0.25) is 0 Å². The van der Waals surface area contributed by atoms with Crippen LogP contribution >= 0.6 is 0 Å². The Balaban J connectivity index is 1.88.